The van der Waals surface area contributed by atoms with Crippen LogP contribution in [0, 0.1) is 0 Å². The van der Waals surface area contributed by atoms with Gasteiger partial charge in [0.1, 0.15) is 31.0 Å². The lowest BCUT2D eigenvalue weighted by Gasteiger charge is -2.37. The Kier molecular flexibility index (Phi) is 4.00. The zero-order chi connectivity index (χ0) is 11.6. The number of carbonyl (C=O) groups is 1. The average Bonchev–Trinajstić information content (AvgIpc) is 2.18. The maximum absolute atomic E-state index is 10.5. The van der Waals surface area contributed by atoms with Crippen LogP contribution in [0.5, 0.6) is 0 Å². The Morgan fingerprint density at radius 2 is 1.80 bits per heavy atom. The lowest BCUT2D eigenvalue weighted by molar-refractivity contribution is -0.287. The summed E-state index contributed by atoms with van der Waals surface area (Å²) in [5.41, 5.74) is 0. The Hall–Kier alpha value is -0.730. The van der Waals surface area contributed by atoms with E-state index in [0.717, 1.165) is 0 Å². The molecule has 0 aromatic heterocycles. The van der Waals surface area contributed by atoms with Gasteiger partial charge < -0.3 is 29.9 Å². The van der Waals surface area contributed by atoms with Crippen LogP contribution >= 0.6 is 0 Å². The number of rotatable bonds is 2. The Balaban J connectivity index is 2.54. The van der Waals surface area contributed by atoms with E-state index in [1.807, 2.05) is 0 Å². The fourth-order valence-electron chi connectivity index (χ4n) is 1.27. The standard InChI is InChI=1S/C8H14O7/c1-3(9)14-2-4-5(10)6(11)7(12)8(13)15-4/h4-8,10-13H,2H2,1H3/t4-,5-,6+,7-,8?/m1/s1. The van der Waals surface area contributed by atoms with E-state index in [1.54, 1.807) is 0 Å². The second kappa shape index (κ2) is 4.86. The van der Waals surface area contributed by atoms with Gasteiger partial charge in [-0.25, -0.2) is 0 Å². The molecule has 1 aliphatic heterocycles. The van der Waals surface area contributed by atoms with Crippen molar-refractivity contribution in [2.45, 2.75) is 37.6 Å². The van der Waals surface area contributed by atoms with Crippen molar-refractivity contribution >= 4 is 5.97 Å². The van der Waals surface area contributed by atoms with Crippen molar-refractivity contribution in [2.24, 2.45) is 0 Å². The third-order valence-electron chi connectivity index (χ3n) is 2.14. The van der Waals surface area contributed by atoms with E-state index in [4.69, 9.17) is 14.9 Å². The van der Waals surface area contributed by atoms with E-state index in [-0.39, 0.29) is 6.61 Å². The molecule has 7 nitrogen and oxygen atoms in total. The summed E-state index contributed by atoms with van der Waals surface area (Å²) in [7, 11) is 0. The molecule has 0 radical (unpaired) electrons. The van der Waals surface area contributed by atoms with Gasteiger partial charge in [0.2, 0.25) is 0 Å². The summed E-state index contributed by atoms with van der Waals surface area (Å²) in [6.07, 6.45) is -7.18. The van der Waals surface area contributed by atoms with Crippen molar-refractivity contribution in [3.05, 3.63) is 0 Å². The fraction of sp³-hybridized carbons (Fsp3) is 0.875. The number of aliphatic hydroxyl groups is 4. The molecule has 5 atom stereocenters. The first-order valence-corrected chi connectivity index (χ1v) is 4.44. The van der Waals surface area contributed by atoms with E-state index in [1.165, 1.54) is 6.92 Å². The van der Waals surface area contributed by atoms with Crippen molar-refractivity contribution in [1.29, 1.82) is 0 Å². The summed E-state index contributed by atoms with van der Waals surface area (Å²) in [6.45, 7) is 0.883. The molecule has 0 amide bonds. The molecule has 0 aliphatic carbocycles. The summed E-state index contributed by atoms with van der Waals surface area (Å²) in [5, 5.41) is 36.9. The van der Waals surface area contributed by atoms with Gasteiger partial charge in [-0.05, 0) is 0 Å². The molecular weight excluding hydrogens is 208 g/mol. The number of aliphatic hydroxyl groups excluding tert-OH is 4. The maximum Gasteiger partial charge on any atom is 0.302 e. The maximum atomic E-state index is 10.5. The van der Waals surface area contributed by atoms with Gasteiger partial charge in [0, 0.05) is 6.92 Å². The smallest absolute Gasteiger partial charge is 0.302 e. The number of hydrogen-bond acceptors (Lipinski definition) is 7. The van der Waals surface area contributed by atoms with Crippen molar-refractivity contribution in [2.75, 3.05) is 6.61 Å². The van der Waals surface area contributed by atoms with Crippen LogP contribution in [0.1, 0.15) is 6.92 Å². The topological polar surface area (TPSA) is 116 Å². The van der Waals surface area contributed by atoms with Crippen LogP contribution in [0.4, 0.5) is 0 Å². The first-order chi connectivity index (χ1) is 6.93. The molecule has 1 heterocycles. The first kappa shape index (κ1) is 12.3. The first-order valence-electron chi connectivity index (χ1n) is 4.44. The predicted octanol–water partition coefficient (Wildman–Crippen LogP) is -2.65. The highest BCUT2D eigenvalue weighted by molar-refractivity contribution is 5.65. The molecule has 0 aromatic carbocycles. The van der Waals surface area contributed by atoms with Gasteiger partial charge in [-0.2, -0.15) is 0 Å². The van der Waals surface area contributed by atoms with Gasteiger partial charge in [-0.1, -0.05) is 0 Å². The summed E-state index contributed by atoms with van der Waals surface area (Å²) >= 11 is 0. The van der Waals surface area contributed by atoms with E-state index in [9.17, 15) is 15.0 Å². The van der Waals surface area contributed by atoms with Crippen LogP contribution in [0.25, 0.3) is 0 Å². The highest BCUT2D eigenvalue weighted by atomic mass is 16.6. The van der Waals surface area contributed by atoms with Gasteiger partial charge in [-0.15, -0.1) is 0 Å². The molecule has 4 N–H and O–H groups in total. The summed E-state index contributed by atoms with van der Waals surface area (Å²) in [6, 6.07) is 0. The molecule has 0 saturated carbocycles. The van der Waals surface area contributed by atoms with E-state index >= 15 is 0 Å². The molecule has 1 unspecified atom stereocenters. The number of hydrogen-bond donors (Lipinski definition) is 4. The molecule has 15 heavy (non-hydrogen) atoms. The Morgan fingerprint density at radius 3 is 2.33 bits per heavy atom. The van der Waals surface area contributed by atoms with Crippen LogP contribution in [-0.2, 0) is 14.3 Å². The van der Waals surface area contributed by atoms with Crippen LogP contribution in [0.2, 0.25) is 0 Å². The molecule has 1 aliphatic rings. The zero-order valence-corrected chi connectivity index (χ0v) is 8.11. The molecule has 1 rings (SSSR count). The Labute approximate surface area is 85.9 Å². The minimum absolute atomic E-state index is 0.294. The molecular formula is C8H14O7. The van der Waals surface area contributed by atoms with Gasteiger partial charge in [0.15, 0.2) is 6.29 Å². The molecule has 0 bridgehead atoms. The number of carbonyl (C=O) groups excluding carboxylic acids is 1. The van der Waals surface area contributed by atoms with Gasteiger partial charge >= 0.3 is 5.97 Å². The van der Waals surface area contributed by atoms with Crippen molar-refractivity contribution in [3.8, 4) is 0 Å². The largest absolute Gasteiger partial charge is 0.463 e. The predicted molar refractivity (Wildman–Crippen MR) is 45.5 cm³/mol. The highest BCUT2D eigenvalue weighted by Crippen LogP contribution is 2.19. The van der Waals surface area contributed by atoms with Crippen LogP contribution in [-0.4, -0.2) is 63.7 Å². The molecule has 1 saturated heterocycles. The number of ether oxygens (including phenoxy) is 2. The number of esters is 1. The molecule has 1 fully saturated rings. The van der Waals surface area contributed by atoms with Crippen molar-refractivity contribution in [1.82, 2.24) is 0 Å². The normalized spacial score (nSPS) is 41.3. The lowest BCUT2D eigenvalue weighted by atomic mass is 9.99. The second-order valence-corrected chi connectivity index (χ2v) is 3.34. The third kappa shape index (κ3) is 2.86. The highest BCUT2D eigenvalue weighted by Gasteiger charge is 2.43. The molecule has 0 aromatic rings. The van der Waals surface area contributed by atoms with E-state index in [2.05, 4.69) is 4.74 Å². The minimum Gasteiger partial charge on any atom is -0.463 e. The van der Waals surface area contributed by atoms with Crippen LogP contribution in [0.15, 0.2) is 0 Å². The van der Waals surface area contributed by atoms with Crippen LogP contribution < -0.4 is 0 Å². The summed E-state index contributed by atoms with van der Waals surface area (Å²) in [5.74, 6) is -0.569. The van der Waals surface area contributed by atoms with Gasteiger partial charge in [0.25, 0.3) is 0 Å². The van der Waals surface area contributed by atoms with Gasteiger partial charge in [-0.3, -0.25) is 4.79 Å². The Bertz CT molecular complexity index is 231. The summed E-state index contributed by atoms with van der Waals surface area (Å²) < 4.78 is 9.31. The van der Waals surface area contributed by atoms with Crippen LogP contribution in [0.3, 0.4) is 0 Å². The molecule has 0 spiro atoms. The van der Waals surface area contributed by atoms with E-state index < -0.39 is 36.7 Å². The zero-order valence-electron chi connectivity index (χ0n) is 8.11. The Morgan fingerprint density at radius 1 is 1.20 bits per heavy atom. The third-order valence-corrected chi connectivity index (χ3v) is 2.14. The molecule has 7 heteroatoms. The fourth-order valence-corrected chi connectivity index (χ4v) is 1.27. The SMILES string of the molecule is CC(=O)OC[C@H]1OC(O)[C@H](O)[C@@H](O)[C@@H]1O. The monoisotopic (exact) mass is 222 g/mol. The average molecular weight is 222 g/mol. The van der Waals surface area contributed by atoms with Crippen molar-refractivity contribution in [3.63, 3.8) is 0 Å². The quantitative estimate of drug-likeness (QED) is 0.377. The second-order valence-electron chi connectivity index (χ2n) is 3.34. The minimum atomic E-state index is -1.61. The van der Waals surface area contributed by atoms with Crippen molar-refractivity contribution < 1.29 is 34.7 Å². The lowest BCUT2D eigenvalue weighted by Crippen LogP contribution is -2.58. The van der Waals surface area contributed by atoms with E-state index in [0.29, 0.717) is 0 Å². The summed E-state index contributed by atoms with van der Waals surface area (Å²) in [4.78, 5) is 10.5. The van der Waals surface area contributed by atoms with Gasteiger partial charge in [0.05, 0.1) is 0 Å². The molecule has 88 valence electrons.